The van der Waals surface area contributed by atoms with Crippen LogP contribution in [0.2, 0.25) is 0 Å². The van der Waals surface area contributed by atoms with Crippen molar-refractivity contribution in [3.05, 3.63) is 47.3 Å². The van der Waals surface area contributed by atoms with Gasteiger partial charge in [-0.1, -0.05) is 12.1 Å². The lowest BCUT2D eigenvalue weighted by atomic mass is 10.1. The van der Waals surface area contributed by atoms with Crippen LogP contribution in [0, 0.1) is 0 Å². The summed E-state index contributed by atoms with van der Waals surface area (Å²) in [7, 11) is 1.62. The Balaban J connectivity index is 1.34. The van der Waals surface area contributed by atoms with Crippen LogP contribution in [0.4, 0.5) is 0 Å². The molecule has 7 nitrogen and oxygen atoms in total. The molecule has 0 unspecified atom stereocenters. The van der Waals surface area contributed by atoms with Crippen molar-refractivity contribution in [2.75, 3.05) is 33.3 Å². The van der Waals surface area contributed by atoms with Gasteiger partial charge < -0.3 is 14.5 Å². The van der Waals surface area contributed by atoms with Crippen LogP contribution in [0.3, 0.4) is 0 Å². The monoisotopic (exact) mass is 382 g/mol. The first-order valence-corrected chi connectivity index (χ1v) is 9.90. The first kappa shape index (κ1) is 18.5. The zero-order valence-electron chi connectivity index (χ0n) is 16.3. The average Bonchev–Trinajstić information content (AvgIpc) is 3.17. The summed E-state index contributed by atoms with van der Waals surface area (Å²) in [5.74, 6) is 0.886. The summed E-state index contributed by atoms with van der Waals surface area (Å²) in [6.45, 7) is 3.16. The fourth-order valence-corrected chi connectivity index (χ4v) is 4.00. The van der Waals surface area contributed by atoms with Crippen LogP contribution in [-0.2, 0) is 24.2 Å². The lowest BCUT2D eigenvalue weighted by molar-refractivity contribution is -0.131. The molecule has 4 rings (SSSR count). The van der Waals surface area contributed by atoms with Crippen molar-refractivity contribution in [2.45, 2.75) is 32.2 Å². The number of carbonyl (C=O) groups is 2. The van der Waals surface area contributed by atoms with Crippen molar-refractivity contribution >= 4 is 11.8 Å². The van der Waals surface area contributed by atoms with Crippen molar-refractivity contribution in [3.63, 3.8) is 0 Å². The van der Waals surface area contributed by atoms with Gasteiger partial charge in [-0.15, -0.1) is 0 Å². The highest BCUT2D eigenvalue weighted by Gasteiger charge is 2.28. The number of nitrogens with zero attached hydrogens (tertiary/aromatic N) is 4. The average molecular weight is 382 g/mol. The SMILES string of the molecule is COc1cccc(CC(=O)N2CCN(C(=O)c3cnn4c3CCCC4)CC2)c1. The summed E-state index contributed by atoms with van der Waals surface area (Å²) in [6, 6.07) is 7.59. The number of benzene rings is 1. The second-order valence-electron chi connectivity index (χ2n) is 7.39. The van der Waals surface area contributed by atoms with Crippen molar-refractivity contribution < 1.29 is 14.3 Å². The van der Waals surface area contributed by atoms with E-state index >= 15 is 0 Å². The molecule has 1 aromatic heterocycles. The highest BCUT2D eigenvalue weighted by atomic mass is 16.5. The fraction of sp³-hybridized carbons (Fsp3) is 0.476. The minimum atomic E-state index is 0.0445. The number of methoxy groups -OCH3 is 1. The molecular weight excluding hydrogens is 356 g/mol. The van der Waals surface area contributed by atoms with Gasteiger partial charge in [-0.25, -0.2) is 0 Å². The predicted octanol–water partition coefficient (Wildman–Crippen LogP) is 1.76. The molecule has 0 saturated carbocycles. The Hall–Kier alpha value is -2.83. The number of ether oxygens (including phenoxy) is 1. The van der Waals surface area contributed by atoms with E-state index in [1.807, 2.05) is 38.7 Å². The van der Waals surface area contributed by atoms with E-state index < -0.39 is 0 Å². The zero-order chi connectivity index (χ0) is 19.5. The van der Waals surface area contributed by atoms with Gasteiger partial charge in [0.2, 0.25) is 5.91 Å². The first-order valence-electron chi connectivity index (χ1n) is 9.90. The molecule has 0 radical (unpaired) electrons. The standard InChI is InChI=1S/C21H26N4O3/c1-28-17-6-4-5-16(13-17)14-20(26)23-9-11-24(12-10-23)21(27)18-15-22-25-8-3-2-7-19(18)25/h4-6,13,15H,2-3,7-12,14H2,1H3. The van der Waals surface area contributed by atoms with Crippen LogP contribution in [-0.4, -0.2) is 64.7 Å². The second-order valence-corrected chi connectivity index (χ2v) is 7.39. The predicted molar refractivity (Wildman–Crippen MR) is 104 cm³/mol. The van der Waals surface area contributed by atoms with E-state index in [0.717, 1.165) is 48.4 Å². The zero-order valence-corrected chi connectivity index (χ0v) is 16.3. The topological polar surface area (TPSA) is 67.7 Å². The van der Waals surface area contributed by atoms with Crippen LogP contribution in [0.1, 0.15) is 34.5 Å². The maximum atomic E-state index is 12.9. The fourth-order valence-electron chi connectivity index (χ4n) is 4.00. The first-order chi connectivity index (χ1) is 13.7. The van der Waals surface area contributed by atoms with Crippen LogP contribution < -0.4 is 4.74 Å². The number of hydrogen-bond acceptors (Lipinski definition) is 4. The Morgan fingerprint density at radius 1 is 1.07 bits per heavy atom. The van der Waals surface area contributed by atoms with Crippen LogP contribution in [0.15, 0.2) is 30.5 Å². The van der Waals surface area contributed by atoms with Crippen LogP contribution in [0.5, 0.6) is 5.75 Å². The summed E-state index contributed by atoms with van der Waals surface area (Å²) in [5, 5.41) is 4.37. The molecule has 1 fully saturated rings. The van der Waals surface area contributed by atoms with E-state index in [1.165, 1.54) is 0 Å². The van der Waals surface area contributed by atoms with Gasteiger partial charge in [0.15, 0.2) is 0 Å². The van der Waals surface area contributed by atoms with E-state index in [-0.39, 0.29) is 11.8 Å². The largest absolute Gasteiger partial charge is 0.497 e. The number of hydrogen-bond donors (Lipinski definition) is 0. The van der Waals surface area contributed by atoms with Gasteiger partial charge in [-0.3, -0.25) is 14.3 Å². The molecule has 7 heteroatoms. The summed E-state index contributed by atoms with van der Waals surface area (Å²) >= 11 is 0. The number of rotatable bonds is 4. The third-order valence-electron chi connectivity index (χ3n) is 5.62. The molecule has 0 N–H and O–H groups in total. The maximum Gasteiger partial charge on any atom is 0.257 e. The highest BCUT2D eigenvalue weighted by molar-refractivity contribution is 5.95. The van der Waals surface area contributed by atoms with Gasteiger partial charge in [-0.05, 0) is 37.0 Å². The van der Waals surface area contributed by atoms with E-state index in [1.54, 1.807) is 13.3 Å². The van der Waals surface area contributed by atoms with E-state index in [4.69, 9.17) is 4.74 Å². The Bertz CT molecular complexity index is 868. The third kappa shape index (κ3) is 3.74. The van der Waals surface area contributed by atoms with Crippen molar-refractivity contribution in [3.8, 4) is 5.75 Å². The Labute approximate surface area is 164 Å². The van der Waals surface area contributed by atoms with Crippen molar-refractivity contribution in [2.24, 2.45) is 0 Å². The summed E-state index contributed by atoms with van der Waals surface area (Å²) < 4.78 is 7.18. The number of aryl methyl sites for hydroxylation is 1. The molecule has 0 spiro atoms. The summed E-state index contributed by atoms with van der Waals surface area (Å²) in [4.78, 5) is 29.3. The van der Waals surface area contributed by atoms with E-state index in [9.17, 15) is 9.59 Å². The van der Waals surface area contributed by atoms with Crippen molar-refractivity contribution in [1.82, 2.24) is 19.6 Å². The third-order valence-corrected chi connectivity index (χ3v) is 5.62. The molecule has 3 heterocycles. The number of piperazine rings is 1. The molecule has 0 atom stereocenters. The molecule has 2 amide bonds. The molecule has 2 aromatic rings. The van der Waals surface area contributed by atoms with Gasteiger partial charge in [0.1, 0.15) is 5.75 Å². The lowest BCUT2D eigenvalue weighted by Gasteiger charge is -2.35. The number of fused-ring (bicyclic) bond motifs is 1. The Morgan fingerprint density at radius 3 is 2.64 bits per heavy atom. The smallest absolute Gasteiger partial charge is 0.257 e. The Morgan fingerprint density at radius 2 is 1.86 bits per heavy atom. The minimum Gasteiger partial charge on any atom is -0.497 e. The van der Waals surface area contributed by atoms with Crippen LogP contribution in [0.25, 0.3) is 0 Å². The van der Waals surface area contributed by atoms with Crippen LogP contribution >= 0.6 is 0 Å². The quantitative estimate of drug-likeness (QED) is 0.808. The second kappa shape index (κ2) is 8.04. The minimum absolute atomic E-state index is 0.0445. The summed E-state index contributed by atoms with van der Waals surface area (Å²) in [6.07, 6.45) is 5.21. The Kier molecular flexibility index (Phi) is 5.32. The molecule has 148 valence electrons. The number of carbonyl (C=O) groups excluding carboxylic acids is 2. The molecule has 1 aromatic carbocycles. The van der Waals surface area contributed by atoms with Gasteiger partial charge in [0.05, 0.1) is 31.0 Å². The summed E-state index contributed by atoms with van der Waals surface area (Å²) in [5.41, 5.74) is 2.73. The molecule has 2 aliphatic rings. The van der Waals surface area contributed by atoms with Gasteiger partial charge in [-0.2, -0.15) is 5.10 Å². The highest BCUT2D eigenvalue weighted by Crippen LogP contribution is 2.20. The van der Waals surface area contributed by atoms with E-state index in [0.29, 0.717) is 32.6 Å². The molecule has 28 heavy (non-hydrogen) atoms. The molecule has 0 bridgehead atoms. The lowest BCUT2D eigenvalue weighted by Crippen LogP contribution is -2.51. The van der Waals surface area contributed by atoms with E-state index in [2.05, 4.69) is 5.10 Å². The molecular formula is C21H26N4O3. The number of aromatic nitrogens is 2. The normalized spacial score (nSPS) is 16.6. The van der Waals surface area contributed by atoms with Crippen molar-refractivity contribution in [1.29, 1.82) is 0 Å². The maximum absolute atomic E-state index is 12.9. The molecule has 0 aliphatic carbocycles. The van der Waals surface area contributed by atoms with Gasteiger partial charge >= 0.3 is 0 Å². The molecule has 2 aliphatic heterocycles. The van der Waals surface area contributed by atoms with Gasteiger partial charge in [0, 0.05) is 32.7 Å². The molecule has 1 saturated heterocycles. The van der Waals surface area contributed by atoms with Gasteiger partial charge in [0.25, 0.3) is 5.91 Å². The number of amides is 2.